The SMILES string of the molecule is C=CCC(c1ccccc1C)N(C)C(=O)OC(C)(C)C. The Kier molecular flexibility index (Phi) is 5.37. The average molecular weight is 275 g/mol. The van der Waals surface area contributed by atoms with Crippen LogP contribution in [0.5, 0.6) is 0 Å². The molecule has 0 N–H and O–H groups in total. The van der Waals surface area contributed by atoms with Gasteiger partial charge in [-0.3, -0.25) is 0 Å². The van der Waals surface area contributed by atoms with E-state index in [2.05, 4.69) is 6.58 Å². The van der Waals surface area contributed by atoms with Gasteiger partial charge in [0.05, 0.1) is 6.04 Å². The Morgan fingerprint density at radius 2 is 2.00 bits per heavy atom. The summed E-state index contributed by atoms with van der Waals surface area (Å²) >= 11 is 0. The van der Waals surface area contributed by atoms with Crippen LogP contribution in [0.15, 0.2) is 36.9 Å². The molecular weight excluding hydrogens is 250 g/mol. The third-order valence-electron chi connectivity index (χ3n) is 3.09. The maximum Gasteiger partial charge on any atom is 0.410 e. The fourth-order valence-electron chi connectivity index (χ4n) is 2.07. The van der Waals surface area contributed by atoms with Crippen molar-refractivity contribution in [2.45, 2.75) is 45.8 Å². The van der Waals surface area contributed by atoms with Gasteiger partial charge in [-0.15, -0.1) is 6.58 Å². The van der Waals surface area contributed by atoms with Gasteiger partial charge in [-0.2, -0.15) is 0 Å². The minimum absolute atomic E-state index is 0.0523. The van der Waals surface area contributed by atoms with Crippen LogP contribution in [-0.4, -0.2) is 23.6 Å². The van der Waals surface area contributed by atoms with E-state index in [-0.39, 0.29) is 12.1 Å². The first-order valence-corrected chi connectivity index (χ1v) is 6.88. The second-order valence-corrected chi connectivity index (χ2v) is 5.99. The lowest BCUT2D eigenvalue weighted by molar-refractivity contribution is 0.0221. The van der Waals surface area contributed by atoms with Crippen molar-refractivity contribution in [3.05, 3.63) is 48.0 Å². The molecule has 0 radical (unpaired) electrons. The molecule has 0 aromatic heterocycles. The highest BCUT2D eigenvalue weighted by Crippen LogP contribution is 2.27. The van der Waals surface area contributed by atoms with Crippen LogP contribution in [0.3, 0.4) is 0 Å². The first-order valence-electron chi connectivity index (χ1n) is 6.88. The van der Waals surface area contributed by atoms with Gasteiger partial charge >= 0.3 is 6.09 Å². The highest BCUT2D eigenvalue weighted by Gasteiger charge is 2.26. The molecule has 0 fully saturated rings. The van der Waals surface area contributed by atoms with Crippen molar-refractivity contribution in [2.75, 3.05) is 7.05 Å². The average Bonchev–Trinajstić information content (AvgIpc) is 2.34. The number of carbonyl (C=O) groups excluding carboxylic acids is 1. The normalized spacial score (nSPS) is 12.7. The third-order valence-corrected chi connectivity index (χ3v) is 3.09. The first kappa shape index (κ1) is 16.3. The summed E-state index contributed by atoms with van der Waals surface area (Å²) in [7, 11) is 1.77. The fraction of sp³-hybridized carbons (Fsp3) is 0.471. The number of carbonyl (C=O) groups is 1. The number of ether oxygens (including phenoxy) is 1. The van der Waals surface area contributed by atoms with Crippen LogP contribution < -0.4 is 0 Å². The molecule has 0 aliphatic carbocycles. The Bertz CT molecular complexity index is 474. The van der Waals surface area contributed by atoms with Crippen molar-refractivity contribution >= 4 is 6.09 Å². The summed E-state index contributed by atoms with van der Waals surface area (Å²) in [6.45, 7) is 11.5. The van der Waals surface area contributed by atoms with Crippen molar-refractivity contribution in [2.24, 2.45) is 0 Å². The van der Waals surface area contributed by atoms with Crippen molar-refractivity contribution in [3.8, 4) is 0 Å². The second kappa shape index (κ2) is 6.60. The number of benzene rings is 1. The summed E-state index contributed by atoms with van der Waals surface area (Å²) in [5, 5.41) is 0. The minimum atomic E-state index is -0.490. The highest BCUT2D eigenvalue weighted by molar-refractivity contribution is 5.68. The van der Waals surface area contributed by atoms with Gasteiger partial charge < -0.3 is 9.64 Å². The predicted octanol–water partition coefficient (Wildman–Crippen LogP) is 4.48. The number of amides is 1. The molecule has 1 aromatic carbocycles. The topological polar surface area (TPSA) is 29.5 Å². The summed E-state index contributed by atoms with van der Waals surface area (Å²) < 4.78 is 5.44. The molecular formula is C17H25NO2. The van der Waals surface area contributed by atoms with Gasteiger partial charge in [0, 0.05) is 7.05 Å². The summed E-state index contributed by atoms with van der Waals surface area (Å²) in [6.07, 6.45) is 2.21. The molecule has 0 bridgehead atoms. The monoisotopic (exact) mass is 275 g/mol. The van der Waals surface area contributed by atoms with Crippen molar-refractivity contribution < 1.29 is 9.53 Å². The largest absolute Gasteiger partial charge is 0.444 e. The van der Waals surface area contributed by atoms with E-state index in [1.165, 1.54) is 0 Å². The number of nitrogens with zero attached hydrogens (tertiary/aromatic N) is 1. The van der Waals surface area contributed by atoms with E-state index in [0.717, 1.165) is 11.1 Å². The maximum atomic E-state index is 12.2. The summed E-state index contributed by atoms with van der Waals surface area (Å²) in [5.74, 6) is 0. The number of hydrogen-bond acceptors (Lipinski definition) is 2. The third kappa shape index (κ3) is 4.41. The van der Waals surface area contributed by atoms with Crippen LogP contribution in [0.25, 0.3) is 0 Å². The molecule has 1 amide bonds. The van der Waals surface area contributed by atoms with Crippen molar-refractivity contribution in [1.29, 1.82) is 0 Å². The zero-order valence-electron chi connectivity index (χ0n) is 13.1. The van der Waals surface area contributed by atoms with Gasteiger partial charge in [-0.05, 0) is 45.2 Å². The molecule has 3 nitrogen and oxygen atoms in total. The molecule has 110 valence electrons. The Labute approximate surface area is 122 Å². The van der Waals surface area contributed by atoms with Gasteiger partial charge in [0.2, 0.25) is 0 Å². The van der Waals surface area contributed by atoms with Gasteiger partial charge in [-0.25, -0.2) is 4.79 Å². The van der Waals surface area contributed by atoms with Gasteiger partial charge in [0.1, 0.15) is 5.60 Å². The minimum Gasteiger partial charge on any atom is -0.444 e. The number of aryl methyl sites for hydroxylation is 1. The summed E-state index contributed by atoms with van der Waals surface area (Å²) in [4.78, 5) is 13.9. The molecule has 0 aliphatic rings. The van der Waals surface area contributed by atoms with Crippen molar-refractivity contribution in [1.82, 2.24) is 4.90 Å². The predicted molar refractivity (Wildman–Crippen MR) is 82.7 cm³/mol. The van der Waals surface area contributed by atoms with Crippen LogP contribution in [0.2, 0.25) is 0 Å². The molecule has 0 saturated heterocycles. The Morgan fingerprint density at radius 1 is 1.40 bits per heavy atom. The van der Waals surface area contributed by atoms with Crippen molar-refractivity contribution in [3.63, 3.8) is 0 Å². The van der Waals surface area contributed by atoms with E-state index in [4.69, 9.17) is 4.74 Å². The van der Waals surface area contributed by atoms with E-state index in [1.807, 2.05) is 58.0 Å². The number of hydrogen-bond donors (Lipinski definition) is 0. The fourth-order valence-corrected chi connectivity index (χ4v) is 2.07. The van der Waals surface area contributed by atoms with E-state index in [0.29, 0.717) is 6.42 Å². The number of rotatable bonds is 4. The Balaban J connectivity index is 2.99. The molecule has 0 heterocycles. The van der Waals surface area contributed by atoms with E-state index < -0.39 is 5.60 Å². The molecule has 0 saturated carbocycles. The molecule has 1 aromatic rings. The van der Waals surface area contributed by atoms with Gasteiger partial charge in [0.15, 0.2) is 0 Å². The molecule has 0 spiro atoms. The second-order valence-electron chi connectivity index (χ2n) is 5.99. The quantitative estimate of drug-likeness (QED) is 0.758. The lowest BCUT2D eigenvalue weighted by Gasteiger charge is -2.31. The van der Waals surface area contributed by atoms with E-state index >= 15 is 0 Å². The highest BCUT2D eigenvalue weighted by atomic mass is 16.6. The lowest BCUT2D eigenvalue weighted by atomic mass is 9.98. The Hall–Kier alpha value is -1.77. The van der Waals surface area contributed by atoms with E-state index in [9.17, 15) is 4.79 Å². The maximum absolute atomic E-state index is 12.2. The molecule has 20 heavy (non-hydrogen) atoms. The molecule has 0 aliphatic heterocycles. The first-order chi connectivity index (χ1) is 9.26. The summed E-state index contributed by atoms with van der Waals surface area (Å²) in [5.41, 5.74) is 1.80. The van der Waals surface area contributed by atoms with Crippen LogP contribution in [0.4, 0.5) is 4.79 Å². The zero-order valence-corrected chi connectivity index (χ0v) is 13.1. The van der Waals surface area contributed by atoms with Crippen LogP contribution >= 0.6 is 0 Å². The standard InChI is InChI=1S/C17H25NO2/c1-7-10-15(14-12-9-8-11-13(14)2)18(6)16(19)20-17(3,4)5/h7-9,11-12,15H,1,10H2,2-6H3. The van der Waals surface area contributed by atoms with Crippen LogP contribution in [0, 0.1) is 6.92 Å². The lowest BCUT2D eigenvalue weighted by Crippen LogP contribution is -2.36. The Morgan fingerprint density at radius 3 is 2.50 bits per heavy atom. The molecule has 1 unspecified atom stereocenters. The molecule has 1 atom stereocenters. The molecule has 1 rings (SSSR count). The van der Waals surface area contributed by atoms with Gasteiger partial charge in [-0.1, -0.05) is 30.3 Å². The summed E-state index contributed by atoms with van der Waals surface area (Å²) in [6, 6.07) is 8.03. The van der Waals surface area contributed by atoms with Gasteiger partial charge in [0.25, 0.3) is 0 Å². The zero-order chi connectivity index (χ0) is 15.3. The van der Waals surface area contributed by atoms with Crippen LogP contribution in [0.1, 0.15) is 44.4 Å². The smallest absolute Gasteiger partial charge is 0.410 e. The molecule has 3 heteroatoms. The van der Waals surface area contributed by atoms with Crippen LogP contribution in [-0.2, 0) is 4.74 Å². The van der Waals surface area contributed by atoms with E-state index in [1.54, 1.807) is 11.9 Å².